The highest BCUT2D eigenvalue weighted by atomic mass is 32.1. The fourth-order valence-electron chi connectivity index (χ4n) is 2.70. The summed E-state index contributed by atoms with van der Waals surface area (Å²) in [6, 6.07) is 5.81. The number of fused-ring (bicyclic) bond motifs is 1. The zero-order valence-corrected chi connectivity index (χ0v) is 13.0. The van der Waals surface area contributed by atoms with Gasteiger partial charge in [-0.3, -0.25) is 0 Å². The topological polar surface area (TPSA) is 51.2 Å². The van der Waals surface area contributed by atoms with Crippen molar-refractivity contribution in [2.75, 3.05) is 12.4 Å². The molecule has 5 heteroatoms. The molecule has 0 aromatic carbocycles. The molecule has 2 aromatic heterocycles. The molecule has 110 valence electrons. The van der Waals surface area contributed by atoms with Crippen molar-refractivity contribution in [3.63, 3.8) is 0 Å². The molecule has 0 bridgehead atoms. The number of nitrogens with zero attached hydrogens (tertiary/aromatic N) is 1. The highest BCUT2D eigenvalue weighted by Crippen LogP contribution is 2.39. The van der Waals surface area contributed by atoms with Crippen LogP contribution in [0, 0.1) is 6.92 Å². The minimum atomic E-state index is -0.260. The van der Waals surface area contributed by atoms with Gasteiger partial charge in [-0.15, -0.1) is 11.3 Å². The zero-order valence-electron chi connectivity index (χ0n) is 12.2. The van der Waals surface area contributed by atoms with Crippen LogP contribution in [0.1, 0.15) is 39.3 Å². The zero-order chi connectivity index (χ0) is 14.8. The van der Waals surface area contributed by atoms with E-state index in [0.29, 0.717) is 5.56 Å². The summed E-state index contributed by atoms with van der Waals surface area (Å²) in [6.07, 6.45) is 4.33. The van der Waals surface area contributed by atoms with Gasteiger partial charge in [-0.05, 0) is 50.3 Å². The number of methoxy groups -OCH3 is 1. The molecule has 1 N–H and O–H groups in total. The fourth-order valence-corrected chi connectivity index (χ4v) is 3.99. The molecule has 0 radical (unpaired) electrons. The summed E-state index contributed by atoms with van der Waals surface area (Å²) in [7, 11) is 1.43. The van der Waals surface area contributed by atoms with Gasteiger partial charge in [-0.25, -0.2) is 9.78 Å². The first-order chi connectivity index (χ1) is 10.2. The molecule has 0 saturated heterocycles. The summed E-state index contributed by atoms with van der Waals surface area (Å²) in [5.41, 5.74) is 2.80. The SMILES string of the molecule is COC(=O)c1c(Nc2cccc(C)n2)sc2c1CCCC2. The van der Waals surface area contributed by atoms with E-state index in [1.807, 2.05) is 25.1 Å². The third-order valence-corrected chi connectivity index (χ3v) is 4.90. The molecular weight excluding hydrogens is 284 g/mol. The van der Waals surface area contributed by atoms with E-state index in [4.69, 9.17) is 4.74 Å². The van der Waals surface area contributed by atoms with Crippen molar-refractivity contribution in [1.82, 2.24) is 4.98 Å². The number of hydrogen-bond acceptors (Lipinski definition) is 5. The van der Waals surface area contributed by atoms with Crippen molar-refractivity contribution < 1.29 is 9.53 Å². The van der Waals surface area contributed by atoms with Crippen LogP contribution in [0.4, 0.5) is 10.8 Å². The Bertz CT molecular complexity index is 679. The highest BCUT2D eigenvalue weighted by molar-refractivity contribution is 7.16. The number of carbonyl (C=O) groups is 1. The first kappa shape index (κ1) is 14.1. The van der Waals surface area contributed by atoms with E-state index in [0.717, 1.165) is 41.3 Å². The van der Waals surface area contributed by atoms with Gasteiger partial charge >= 0.3 is 5.97 Å². The van der Waals surface area contributed by atoms with Crippen LogP contribution in [0.25, 0.3) is 0 Å². The Morgan fingerprint density at radius 3 is 2.90 bits per heavy atom. The van der Waals surface area contributed by atoms with Crippen molar-refractivity contribution in [3.8, 4) is 0 Å². The number of ether oxygens (including phenoxy) is 1. The van der Waals surface area contributed by atoms with E-state index in [1.165, 1.54) is 18.4 Å². The Labute approximate surface area is 128 Å². The summed E-state index contributed by atoms with van der Waals surface area (Å²) >= 11 is 1.65. The number of aromatic nitrogens is 1. The molecule has 0 saturated carbocycles. The van der Waals surface area contributed by atoms with Crippen LogP contribution in [-0.4, -0.2) is 18.1 Å². The van der Waals surface area contributed by atoms with Gasteiger partial charge in [-0.2, -0.15) is 0 Å². The minimum absolute atomic E-state index is 0.260. The monoisotopic (exact) mass is 302 g/mol. The number of pyridine rings is 1. The lowest BCUT2D eigenvalue weighted by atomic mass is 9.95. The Kier molecular flexibility index (Phi) is 3.92. The molecule has 1 aliphatic carbocycles. The van der Waals surface area contributed by atoms with Crippen LogP contribution < -0.4 is 5.32 Å². The normalized spacial score (nSPS) is 13.6. The Morgan fingerprint density at radius 1 is 1.33 bits per heavy atom. The molecule has 0 fully saturated rings. The number of esters is 1. The van der Waals surface area contributed by atoms with Crippen LogP contribution in [-0.2, 0) is 17.6 Å². The van der Waals surface area contributed by atoms with Crippen LogP contribution in [0.2, 0.25) is 0 Å². The lowest BCUT2D eigenvalue weighted by molar-refractivity contribution is 0.0601. The van der Waals surface area contributed by atoms with E-state index in [2.05, 4.69) is 10.3 Å². The molecule has 0 aliphatic heterocycles. The molecule has 0 unspecified atom stereocenters. The maximum atomic E-state index is 12.1. The summed E-state index contributed by atoms with van der Waals surface area (Å²) in [5.74, 6) is 0.503. The highest BCUT2D eigenvalue weighted by Gasteiger charge is 2.26. The average molecular weight is 302 g/mol. The lowest BCUT2D eigenvalue weighted by Crippen LogP contribution is -2.09. The van der Waals surface area contributed by atoms with Crippen molar-refractivity contribution in [1.29, 1.82) is 0 Å². The Balaban J connectivity index is 2.01. The first-order valence-corrected chi connectivity index (χ1v) is 7.94. The second kappa shape index (κ2) is 5.85. The van der Waals surface area contributed by atoms with E-state index < -0.39 is 0 Å². The lowest BCUT2D eigenvalue weighted by Gasteiger charge is -2.11. The van der Waals surface area contributed by atoms with Crippen molar-refractivity contribution >= 4 is 28.1 Å². The van der Waals surface area contributed by atoms with Crippen LogP contribution >= 0.6 is 11.3 Å². The second-order valence-electron chi connectivity index (χ2n) is 5.20. The Hall–Kier alpha value is -1.88. The standard InChI is InChI=1S/C16H18N2O2S/c1-10-6-5-9-13(17-10)18-15-14(16(19)20-2)11-7-3-4-8-12(11)21-15/h5-6,9H,3-4,7-8H2,1-2H3,(H,17,18). The van der Waals surface area contributed by atoms with Gasteiger partial charge in [0, 0.05) is 10.6 Å². The smallest absolute Gasteiger partial charge is 0.341 e. The maximum absolute atomic E-state index is 12.1. The number of nitrogens with one attached hydrogen (secondary N) is 1. The third-order valence-electron chi connectivity index (χ3n) is 3.69. The van der Waals surface area contributed by atoms with E-state index in [-0.39, 0.29) is 5.97 Å². The van der Waals surface area contributed by atoms with Gasteiger partial charge in [0.15, 0.2) is 0 Å². The molecule has 1 aliphatic rings. The molecule has 2 heterocycles. The minimum Gasteiger partial charge on any atom is -0.465 e. The molecule has 4 nitrogen and oxygen atoms in total. The van der Waals surface area contributed by atoms with Gasteiger partial charge < -0.3 is 10.1 Å². The molecule has 0 spiro atoms. The van der Waals surface area contributed by atoms with Crippen LogP contribution in [0.5, 0.6) is 0 Å². The summed E-state index contributed by atoms with van der Waals surface area (Å²) < 4.78 is 4.97. The number of carbonyl (C=O) groups excluding carboxylic acids is 1. The van der Waals surface area contributed by atoms with Gasteiger partial charge in [0.25, 0.3) is 0 Å². The number of aryl methyl sites for hydroxylation is 2. The Morgan fingerprint density at radius 2 is 2.14 bits per heavy atom. The van der Waals surface area contributed by atoms with Crippen LogP contribution in [0.15, 0.2) is 18.2 Å². The third kappa shape index (κ3) is 2.78. The quantitative estimate of drug-likeness (QED) is 0.875. The summed E-state index contributed by atoms with van der Waals surface area (Å²) in [4.78, 5) is 17.9. The predicted octanol–water partition coefficient (Wildman–Crippen LogP) is 3.86. The summed E-state index contributed by atoms with van der Waals surface area (Å²) in [6.45, 7) is 1.95. The molecule has 0 amide bonds. The van der Waals surface area contributed by atoms with E-state index in [1.54, 1.807) is 11.3 Å². The van der Waals surface area contributed by atoms with Crippen molar-refractivity contribution in [2.24, 2.45) is 0 Å². The predicted molar refractivity (Wildman–Crippen MR) is 84.6 cm³/mol. The van der Waals surface area contributed by atoms with E-state index in [9.17, 15) is 4.79 Å². The van der Waals surface area contributed by atoms with Crippen molar-refractivity contribution in [3.05, 3.63) is 39.9 Å². The van der Waals surface area contributed by atoms with Gasteiger partial charge in [0.1, 0.15) is 10.8 Å². The summed E-state index contributed by atoms with van der Waals surface area (Å²) in [5, 5.41) is 4.15. The number of hydrogen-bond donors (Lipinski definition) is 1. The van der Waals surface area contributed by atoms with Crippen LogP contribution in [0.3, 0.4) is 0 Å². The second-order valence-corrected chi connectivity index (χ2v) is 6.30. The van der Waals surface area contributed by atoms with Gasteiger partial charge in [-0.1, -0.05) is 6.07 Å². The number of rotatable bonds is 3. The van der Waals surface area contributed by atoms with Crippen molar-refractivity contribution in [2.45, 2.75) is 32.6 Å². The molecule has 2 aromatic rings. The molecule has 0 atom stereocenters. The number of thiophene rings is 1. The first-order valence-electron chi connectivity index (χ1n) is 7.12. The molecular formula is C16H18N2O2S. The molecule has 21 heavy (non-hydrogen) atoms. The average Bonchev–Trinajstić information content (AvgIpc) is 2.84. The van der Waals surface area contributed by atoms with E-state index >= 15 is 0 Å². The maximum Gasteiger partial charge on any atom is 0.341 e. The molecule has 3 rings (SSSR count). The fraction of sp³-hybridized carbons (Fsp3) is 0.375. The number of anilines is 2. The van der Waals surface area contributed by atoms with Gasteiger partial charge in [0.05, 0.1) is 12.7 Å². The van der Waals surface area contributed by atoms with Gasteiger partial charge in [0.2, 0.25) is 0 Å². The largest absolute Gasteiger partial charge is 0.465 e.